The standard InChI is InChI=1S/C14H17NO2S/c1-2-17-14(16)11-18-10-13-6-3-5-12(9-13)7-4-8-15/h3,5-6,9H,2,8,10-11,15H2,1H3. The Morgan fingerprint density at radius 1 is 1.50 bits per heavy atom. The molecular weight excluding hydrogens is 246 g/mol. The molecule has 0 heterocycles. The van der Waals surface area contributed by atoms with Crippen molar-refractivity contribution in [1.29, 1.82) is 0 Å². The van der Waals surface area contributed by atoms with Gasteiger partial charge in [-0.05, 0) is 24.6 Å². The van der Waals surface area contributed by atoms with Crippen LogP contribution in [0.4, 0.5) is 0 Å². The number of hydrogen-bond donors (Lipinski definition) is 1. The molecule has 0 spiro atoms. The number of nitrogens with two attached hydrogens (primary N) is 1. The Balaban J connectivity index is 2.45. The lowest BCUT2D eigenvalue weighted by molar-refractivity contribution is -0.139. The molecule has 0 aliphatic heterocycles. The van der Waals surface area contributed by atoms with Crippen LogP contribution >= 0.6 is 11.8 Å². The summed E-state index contributed by atoms with van der Waals surface area (Å²) in [6.07, 6.45) is 0. The van der Waals surface area contributed by atoms with Gasteiger partial charge in [0.1, 0.15) is 0 Å². The fourth-order valence-electron chi connectivity index (χ4n) is 1.35. The number of ether oxygens (including phenoxy) is 1. The van der Waals surface area contributed by atoms with Gasteiger partial charge in [0.2, 0.25) is 0 Å². The van der Waals surface area contributed by atoms with E-state index in [1.165, 1.54) is 11.8 Å². The fourth-order valence-corrected chi connectivity index (χ4v) is 2.11. The molecule has 0 fully saturated rings. The summed E-state index contributed by atoms with van der Waals surface area (Å²) >= 11 is 1.54. The van der Waals surface area contributed by atoms with Gasteiger partial charge in [-0.25, -0.2) is 0 Å². The van der Waals surface area contributed by atoms with Crippen LogP contribution < -0.4 is 5.73 Å². The molecular formula is C14H17NO2S. The zero-order valence-electron chi connectivity index (χ0n) is 10.4. The van der Waals surface area contributed by atoms with Crippen LogP contribution in [-0.2, 0) is 15.3 Å². The molecule has 0 amide bonds. The average molecular weight is 263 g/mol. The van der Waals surface area contributed by atoms with Crippen LogP contribution in [0.2, 0.25) is 0 Å². The highest BCUT2D eigenvalue weighted by Crippen LogP contribution is 2.13. The molecule has 2 N–H and O–H groups in total. The van der Waals surface area contributed by atoms with Crippen LogP contribution in [0.15, 0.2) is 24.3 Å². The summed E-state index contributed by atoms with van der Waals surface area (Å²) < 4.78 is 4.86. The lowest BCUT2D eigenvalue weighted by atomic mass is 10.1. The first kappa shape index (κ1) is 14.6. The van der Waals surface area contributed by atoms with E-state index in [0.29, 0.717) is 18.9 Å². The molecule has 1 rings (SSSR count). The molecule has 3 nitrogen and oxygen atoms in total. The van der Waals surface area contributed by atoms with Crippen molar-refractivity contribution in [1.82, 2.24) is 0 Å². The molecule has 1 aromatic carbocycles. The normalized spacial score (nSPS) is 9.44. The summed E-state index contributed by atoms with van der Waals surface area (Å²) in [5, 5.41) is 0. The van der Waals surface area contributed by atoms with Crippen molar-refractivity contribution in [3.05, 3.63) is 35.4 Å². The Bertz CT molecular complexity index is 449. The molecule has 0 aliphatic rings. The first-order valence-corrected chi connectivity index (χ1v) is 6.93. The van der Waals surface area contributed by atoms with Crippen molar-refractivity contribution in [2.75, 3.05) is 18.9 Å². The monoisotopic (exact) mass is 263 g/mol. The van der Waals surface area contributed by atoms with Gasteiger partial charge in [0.15, 0.2) is 0 Å². The van der Waals surface area contributed by atoms with E-state index in [-0.39, 0.29) is 5.97 Å². The maximum atomic E-state index is 11.2. The van der Waals surface area contributed by atoms with E-state index in [0.717, 1.165) is 16.9 Å². The highest BCUT2D eigenvalue weighted by molar-refractivity contribution is 7.99. The van der Waals surface area contributed by atoms with Gasteiger partial charge in [0.05, 0.1) is 18.9 Å². The average Bonchev–Trinajstić information content (AvgIpc) is 2.37. The van der Waals surface area contributed by atoms with Gasteiger partial charge in [-0.3, -0.25) is 4.79 Å². The largest absolute Gasteiger partial charge is 0.465 e. The second kappa shape index (κ2) is 8.62. The van der Waals surface area contributed by atoms with Crippen molar-refractivity contribution >= 4 is 17.7 Å². The molecule has 0 saturated carbocycles. The molecule has 1 aromatic rings. The Morgan fingerprint density at radius 2 is 2.33 bits per heavy atom. The van der Waals surface area contributed by atoms with Gasteiger partial charge < -0.3 is 10.5 Å². The Morgan fingerprint density at radius 3 is 3.06 bits per heavy atom. The van der Waals surface area contributed by atoms with E-state index in [2.05, 4.69) is 11.8 Å². The van der Waals surface area contributed by atoms with Crippen LogP contribution in [0.3, 0.4) is 0 Å². The minimum atomic E-state index is -0.165. The molecule has 96 valence electrons. The van der Waals surface area contributed by atoms with Gasteiger partial charge >= 0.3 is 5.97 Å². The Labute approximate surface area is 112 Å². The first-order valence-electron chi connectivity index (χ1n) is 5.77. The number of esters is 1. The predicted octanol–water partition coefficient (Wildman–Crippen LogP) is 1.79. The lowest BCUT2D eigenvalue weighted by Crippen LogP contribution is -2.06. The van der Waals surface area contributed by atoms with Gasteiger partial charge in [0.25, 0.3) is 0 Å². The summed E-state index contributed by atoms with van der Waals surface area (Å²) in [4.78, 5) is 11.2. The van der Waals surface area contributed by atoms with E-state index in [9.17, 15) is 4.79 Å². The Kier molecular flexibility index (Phi) is 7.00. The SMILES string of the molecule is CCOC(=O)CSCc1cccc(C#CCN)c1. The van der Waals surface area contributed by atoms with E-state index in [4.69, 9.17) is 10.5 Å². The lowest BCUT2D eigenvalue weighted by Gasteiger charge is -2.03. The highest BCUT2D eigenvalue weighted by atomic mass is 32.2. The highest BCUT2D eigenvalue weighted by Gasteiger charge is 2.02. The van der Waals surface area contributed by atoms with Crippen molar-refractivity contribution in [3.63, 3.8) is 0 Å². The fraction of sp³-hybridized carbons (Fsp3) is 0.357. The first-order chi connectivity index (χ1) is 8.76. The molecule has 0 bridgehead atoms. The third-order valence-electron chi connectivity index (χ3n) is 2.06. The topological polar surface area (TPSA) is 52.3 Å². The third kappa shape index (κ3) is 5.76. The molecule has 0 unspecified atom stereocenters. The van der Waals surface area contributed by atoms with Gasteiger partial charge in [0, 0.05) is 11.3 Å². The number of rotatable bonds is 5. The van der Waals surface area contributed by atoms with Crippen molar-refractivity contribution in [3.8, 4) is 11.8 Å². The van der Waals surface area contributed by atoms with Crippen LogP contribution in [-0.4, -0.2) is 24.9 Å². The van der Waals surface area contributed by atoms with Crippen molar-refractivity contribution in [2.24, 2.45) is 5.73 Å². The summed E-state index contributed by atoms with van der Waals surface area (Å²) in [6, 6.07) is 7.94. The van der Waals surface area contributed by atoms with Crippen LogP contribution in [0, 0.1) is 11.8 Å². The van der Waals surface area contributed by atoms with Gasteiger partial charge in [-0.1, -0.05) is 24.0 Å². The number of hydrogen-bond acceptors (Lipinski definition) is 4. The van der Waals surface area contributed by atoms with Crippen molar-refractivity contribution < 1.29 is 9.53 Å². The molecule has 0 radical (unpaired) electrons. The van der Waals surface area contributed by atoms with E-state index in [1.807, 2.05) is 31.2 Å². The van der Waals surface area contributed by atoms with Gasteiger partial charge in [-0.15, -0.1) is 11.8 Å². The summed E-state index contributed by atoms with van der Waals surface area (Å²) in [5.74, 6) is 6.80. The van der Waals surface area contributed by atoms with Crippen LogP contribution in [0.25, 0.3) is 0 Å². The molecule has 0 aliphatic carbocycles. The summed E-state index contributed by atoms with van der Waals surface area (Å²) in [5.41, 5.74) is 7.43. The maximum absolute atomic E-state index is 11.2. The minimum absolute atomic E-state index is 0.165. The van der Waals surface area contributed by atoms with E-state index < -0.39 is 0 Å². The quantitative estimate of drug-likeness (QED) is 0.650. The van der Waals surface area contributed by atoms with E-state index >= 15 is 0 Å². The maximum Gasteiger partial charge on any atom is 0.315 e. The summed E-state index contributed by atoms with van der Waals surface area (Å²) in [7, 11) is 0. The molecule has 0 saturated heterocycles. The third-order valence-corrected chi connectivity index (χ3v) is 3.03. The summed E-state index contributed by atoms with van der Waals surface area (Å²) in [6.45, 7) is 2.60. The number of thioether (sulfide) groups is 1. The number of carbonyl (C=O) groups excluding carboxylic acids is 1. The number of benzene rings is 1. The smallest absolute Gasteiger partial charge is 0.315 e. The van der Waals surface area contributed by atoms with Crippen molar-refractivity contribution in [2.45, 2.75) is 12.7 Å². The minimum Gasteiger partial charge on any atom is -0.465 e. The zero-order chi connectivity index (χ0) is 13.2. The molecule has 0 atom stereocenters. The van der Waals surface area contributed by atoms with E-state index in [1.54, 1.807) is 0 Å². The van der Waals surface area contributed by atoms with Gasteiger partial charge in [-0.2, -0.15) is 0 Å². The Hall–Kier alpha value is -1.44. The van der Waals surface area contributed by atoms with Crippen LogP contribution in [0.1, 0.15) is 18.1 Å². The van der Waals surface area contributed by atoms with Crippen LogP contribution in [0.5, 0.6) is 0 Å². The molecule has 18 heavy (non-hydrogen) atoms. The second-order valence-corrected chi connectivity index (χ2v) is 4.49. The zero-order valence-corrected chi connectivity index (χ0v) is 11.3. The second-order valence-electron chi connectivity index (χ2n) is 3.50. The number of carbonyl (C=O) groups is 1. The molecule has 0 aromatic heterocycles. The predicted molar refractivity (Wildman–Crippen MR) is 75.2 cm³/mol. The molecule has 4 heteroatoms.